The maximum Gasteiger partial charge on any atom is 0.326 e. The highest BCUT2D eigenvalue weighted by atomic mass is 35.5. The summed E-state index contributed by atoms with van der Waals surface area (Å²) in [5.74, 6) is 1.90. The monoisotopic (exact) mass is 649 g/mol. The molecule has 7 aromatic rings. The van der Waals surface area contributed by atoms with E-state index >= 15 is 0 Å². The summed E-state index contributed by atoms with van der Waals surface area (Å²) in [6, 6.07) is 16.1. The van der Waals surface area contributed by atoms with Crippen molar-refractivity contribution in [3.63, 3.8) is 0 Å². The second-order valence-electron chi connectivity index (χ2n) is 8.77. The maximum atomic E-state index is 11.1. The Kier molecular flexibility index (Phi) is 8.13. The first-order chi connectivity index (χ1) is 21.4. The molecule has 1 N–H and O–H groups in total. The minimum Gasteiger partial charge on any atom is -0.369 e. The van der Waals surface area contributed by atoms with E-state index in [1.165, 1.54) is 30.1 Å². The molecule has 0 amide bonds. The van der Waals surface area contributed by atoms with Crippen molar-refractivity contribution in [1.82, 2.24) is 30.2 Å². The number of halogens is 1. The summed E-state index contributed by atoms with van der Waals surface area (Å²) < 4.78 is 10.0. The van der Waals surface area contributed by atoms with Gasteiger partial charge in [-0.3, -0.25) is 20.2 Å². The van der Waals surface area contributed by atoms with Gasteiger partial charge in [-0.2, -0.15) is 0 Å². The molecule has 0 fully saturated rings. The van der Waals surface area contributed by atoms with Crippen LogP contribution < -0.4 is 5.32 Å². The first-order valence-corrected chi connectivity index (χ1v) is 14.5. The summed E-state index contributed by atoms with van der Waals surface area (Å²) in [7, 11) is 0. The van der Waals surface area contributed by atoms with E-state index in [9.17, 15) is 20.2 Å². The van der Waals surface area contributed by atoms with Crippen LogP contribution in [-0.4, -0.2) is 46.6 Å². The fourth-order valence-corrected chi connectivity index (χ4v) is 5.92. The van der Waals surface area contributed by atoms with Gasteiger partial charge in [-0.05, 0) is 34.7 Å². The number of thiophene rings is 2. The first-order valence-electron chi connectivity index (χ1n) is 12.5. The van der Waals surface area contributed by atoms with Crippen molar-refractivity contribution >= 4 is 70.5 Å². The maximum absolute atomic E-state index is 11.1. The molecule has 0 radical (unpaired) electrons. The fraction of sp³-hybridized carbons (Fsp3) is 0.0769. The van der Waals surface area contributed by atoms with Crippen LogP contribution in [0.1, 0.15) is 5.56 Å². The number of hydrogen-bond acceptors (Lipinski definition) is 15. The van der Waals surface area contributed by atoms with Gasteiger partial charge in [-0.15, -0.1) is 0 Å². The van der Waals surface area contributed by atoms with Gasteiger partial charge < -0.3 is 14.4 Å². The molecule has 1 aromatic carbocycles. The second-order valence-corrected chi connectivity index (χ2v) is 11.1. The summed E-state index contributed by atoms with van der Waals surface area (Å²) in [5.41, 5.74) is 1.19. The van der Waals surface area contributed by atoms with E-state index in [1.54, 1.807) is 12.1 Å². The normalized spacial score (nSPS) is 10.9. The molecule has 15 nitrogen and oxygen atoms in total. The Bertz CT molecular complexity index is 2080. The Labute approximate surface area is 258 Å². The predicted octanol–water partition coefficient (Wildman–Crippen LogP) is 6.82. The van der Waals surface area contributed by atoms with Crippen molar-refractivity contribution in [3.05, 3.63) is 97.9 Å². The highest BCUT2D eigenvalue weighted by molar-refractivity contribution is 7.22. The van der Waals surface area contributed by atoms with Gasteiger partial charge in [-0.1, -0.05) is 52.2 Å². The summed E-state index contributed by atoms with van der Waals surface area (Å²) >= 11 is 7.91. The van der Waals surface area contributed by atoms with Crippen LogP contribution in [0.3, 0.4) is 0 Å². The van der Waals surface area contributed by atoms with Gasteiger partial charge in [0.2, 0.25) is 23.2 Å². The van der Waals surface area contributed by atoms with Gasteiger partial charge in [0, 0.05) is 30.8 Å². The van der Waals surface area contributed by atoms with Gasteiger partial charge >= 0.3 is 10.0 Å². The number of nitrogens with zero attached hydrogens (tertiary/aromatic N) is 8. The van der Waals surface area contributed by atoms with Crippen LogP contribution in [0.25, 0.3) is 43.6 Å². The third-order valence-corrected chi connectivity index (χ3v) is 8.19. The van der Waals surface area contributed by atoms with E-state index in [0.29, 0.717) is 50.1 Å². The number of nitro groups is 2. The zero-order valence-electron chi connectivity index (χ0n) is 22.0. The molecule has 220 valence electrons. The lowest BCUT2D eigenvalue weighted by Gasteiger charge is -2.08. The summed E-state index contributed by atoms with van der Waals surface area (Å²) in [6.07, 6.45) is 3.76. The molecule has 0 bridgehead atoms. The van der Waals surface area contributed by atoms with Crippen LogP contribution in [0, 0.1) is 20.2 Å². The molecular weight excluding hydrogens is 634 g/mol. The van der Waals surface area contributed by atoms with Gasteiger partial charge in [-0.25, -0.2) is 19.9 Å². The van der Waals surface area contributed by atoms with Gasteiger partial charge in [0.05, 0.1) is 33.0 Å². The molecule has 7 rings (SSSR count). The van der Waals surface area contributed by atoms with E-state index in [4.69, 9.17) is 20.6 Å². The largest absolute Gasteiger partial charge is 0.369 e. The predicted molar refractivity (Wildman–Crippen MR) is 163 cm³/mol. The smallest absolute Gasteiger partial charge is 0.326 e. The van der Waals surface area contributed by atoms with E-state index in [-0.39, 0.29) is 21.0 Å². The molecule has 0 saturated carbocycles. The minimum atomic E-state index is -0.489. The van der Waals surface area contributed by atoms with Crippen LogP contribution in [0.2, 0.25) is 5.15 Å². The average molecular weight is 650 g/mol. The second kappa shape index (κ2) is 12.5. The molecule has 0 atom stereocenters. The Balaban J connectivity index is 0.000000167. The molecule has 44 heavy (non-hydrogen) atoms. The Morgan fingerprint density at radius 2 is 1.34 bits per heavy atom. The van der Waals surface area contributed by atoms with Crippen LogP contribution in [0.15, 0.2) is 76.0 Å². The average Bonchev–Trinajstić information content (AvgIpc) is 3.84. The number of hydrogen-bond donors (Lipinski definition) is 1. The number of nitrogens with one attached hydrogen (secondary N) is 1. The molecule has 6 aromatic heterocycles. The lowest BCUT2D eigenvalue weighted by Crippen LogP contribution is -2.07. The Morgan fingerprint density at radius 3 is 1.91 bits per heavy atom. The minimum absolute atomic E-state index is 0.0233. The molecular formula is C26H16ClN9O6S2. The fourth-order valence-electron chi connectivity index (χ4n) is 3.95. The quantitative estimate of drug-likeness (QED) is 0.102. The number of rotatable bonds is 8. The Morgan fingerprint density at radius 1 is 0.773 bits per heavy atom. The molecule has 0 aliphatic carbocycles. The van der Waals surface area contributed by atoms with Gasteiger partial charge in [0.25, 0.3) is 0 Å². The summed E-state index contributed by atoms with van der Waals surface area (Å²) in [4.78, 5) is 38.9. The standard InChI is InChI=1S/C17H13N5O3S.C9H3ClN4O3S/c23-22(24)14-10-12-15(18-8-6-11-4-2-1-3-5-11)20-16(21-17(12)26-14)13-7-9-19-25-13;10-7-4-3-6(14(15)16)18-9(4)13-8(12-7)5-1-2-11-17-5/h1-5,7,9-10H,6,8H2,(H,18,20,21);1-3H. The third kappa shape index (κ3) is 6.19. The molecule has 0 saturated heterocycles. The van der Waals surface area contributed by atoms with E-state index in [1.807, 2.05) is 30.3 Å². The molecule has 0 spiro atoms. The zero-order chi connectivity index (χ0) is 30.6. The van der Waals surface area contributed by atoms with Crippen molar-refractivity contribution in [2.24, 2.45) is 0 Å². The number of fused-ring (bicyclic) bond motifs is 2. The highest BCUT2D eigenvalue weighted by Gasteiger charge is 2.20. The van der Waals surface area contributed by atoms with Crippen molar-refractivity contribution in [2.45, 2.75) is 6.42 Å². The lowest BCUT2D eigenvalue weighted by molar-refractivity contribution is -0.380. The van der Waals surface area contributed by atoms with Crippen LogP contribution >= 0.6 is 34.3 Å². The van der Waals surface area contributed by atoms with Crippen molar-refractivity contribution in [1.29, 1.82) is 0 Å². The molecule has 18 heteroatoms. The first kappa shape index (κ1) is 28.7. The molecule has 6 heterocycles. The van der Waals surface area contributed by atoms with Crippen molar-refractivity contribution < 1.29 is 18.9 Å². The van der Waals surface area contributed by atoms with Crippen LogP contribution in [0.5, 0.6) is 0 Å². The third-order valence-electron chi connectivity index (χ3n) is 5.94. The van der Waals surface area contributed by atoms with Crippen LogP contribution in [-0.2, 0) is 6.42 Å². The Hall–Kier alpha value is -5.39. The van der Waals surface area contributed by atoms with E-state index < -0.39 is 9.85 Å². The van der Waals surface area contributed by atoms with Crippen molar-refractivity contribution in [2.75, 3.05) is 11.9 Å². The number of anilines is 1. The zero-order valence-corrected chi connectivity index (χ0v) is 24.4. The molecule has 0 aliphatic rings. The summed E-state index contributed by atoms with van der Waals surface area (Å²) in [5, 5.41) is 33.5. The summed E-state index contributed by atoms with van der Waals surface area (Å²) in [6.45, 7) is 0.635. The lowest BCUT2D eigenvalue weighted by atomic mass is 10.1. The van der Waals surface area contributed by atoms with Gasteiger partial charge in [0.15, 0.2) is 0 Å². The van der Waals surface area contributed by atoms with Crippen molar-refractivity contribution in [3.8, 4) is 23.2 Å². The van der Waals surface area contributed by atoms with E-state index in [2.05, 4.69) is 35.6 Å². The number of benzene rings is 1. The highest BCUT2D eigenvalue weighted by Crippen LogP contribution is 2.36. The topological polar surface area (TPSA) is 202 Å². The van der Waals surface area contributed by atoms with Crippen LogP contribution in [0.4, 0.5) is 15.8 Å². The van der Waals surface area contributed by atoms with E-state index in [0.717, 1.165) is 29.1 Å². The number of aromatic nitrogens is 6. The molecule has 0 aliphatic heterocycles. The van der Waals surface area contributed by atoms with Gasteiger partial charge in [0.1, 0.15) is 20.6 Å². The molecule has 0 unspecified atom stereocenters. The SMILES string of the molecule is O=[N+]([O-])c1cc2c(Cl)nc(-c3ccno3)nc2s1.O=[N+]([O-])c1cc2c(NCCc3ccccc3)nc(-c3ccno3)nc2s1.